The van der Waals surface area contributed by atoms with Crippen molar-refractivity contribution in [3.05, 3.63) is 32.7 Å². The molecular formula is C9H6ClIN2. The number of aromatic nitrogens is 2. The van der Waals surface area contributed by atoms with Gasteiger partial charge in [-0.15, -0.1) is 0 Å². The number of benzene rings is 1. The van der Waals surface area contributed by atoms with Crippen molar-refractivity contribution in [1.29, 1.82) is 0 Å². The van der Waals surface area contributed by atoms with Crippen LogP contribution in [0, 0.1) is 10.5 Å². The Hall–Kier alpha value is -0.420. The minimum absolute atomic E-state index is 0.751. The van der Waals surface area contributed by atoms with Crippen molar-refractivity contribution < 1.29 is 0 Å². The first-order valence-electron chi connectivity index (χ1n) is 3.75. The maximum absolute atomic E-state index is 5.96. The molecule has 0 fully saturated rings. The smallest absolute Gasteiger partial charge is 0.125 e. The molecule has 2 aromatic rings. The summed E-state index contributed by atoms with van der Waals surface area (Å²) in [5, 5.41) is 1.73. The lowest BCUT2D eigenvalue weighted by molar-refractivity contribution is 1.09. The zero-order chi connectivity index (χ0) is 9.42. The first kappa shape index (κ1) is 9.15. The molecule has 0 spiro atoms. The first-order valence-corrected chi connectivity index (χ1v) is 5.21. The molecule has 1 heterocycles. The van der Waals surface area contributed by atoms with Crippen LogP contribution in [0.3, 0.4) is 0 Å². The highest BCUT2D eigenvalue weighted by atomic mass is 127. The molecule has 0 radical (unpaired) electrons. The van der Waals surface area contributed by atoms with Crippen molar-refractivity contribution in [2.24, 2.45) is 0 Å². The van der Waals surface area contributed by atoms with E-state index >= 15 is 0 Å². The van der Waals surface area contributed by atoms with Crippen LogP contribution < -0.4 is 0 Å². The number of rotatable bonds is 0. The van der Waals surface area contributed by atoms with Gasteiger partial charge in [-0.2, -0.15) is 0 Å². The third-order valence-corrected chi connectivity index (χ3v) is 3.27. The minimum atomic E-state index is 0.751. The molecule has 0 saturated heterocycles. The quantitative estimate of drug-likeness (QED) is 0.699. The van der Waals surface area contributed by atoms with Crippen LogP contribution in [0.4, 0.5) is 0 Å². The molecular weight excluding hydrogens is 298 g/mol. The number of nitrogens with zero attached hydrogens (tertiary/aromatic N) is 2. The molecule has 0 unspecified atom stereocenters. The summed E-state index contributed by atoms with van der Waals surface area (Å²) in [6.45, 7) is 1.88. The van der Waals surface area contributed by atoms with Crippen LogP contribution in [0.25, 0.3) is 10.9 Å². The lowest BCUT2D eigenvalue weighted by Crippen LogP contribution is -1.88. The van der Waals surface area contributed by atoms with Crippen molar-refractivity contribution in [1.82, 2.24) is 9.97 Å². The molecule has 1 aromatic heterocycles. The van der Waals surface area contributed by atoms with Crippen molar-refractivity contribution in [2.45, 2.75) is 6.92 Å². The highest BCUT2D eigenvalue weighted by Crippen LogP contribution is 2.23. The lowest BCUT2D eigenvalue weighted by atomic mass is 10.2. The van der Waals surface area contributed by atoms with Gasteiger partial charge in [0, 0.05) is 15.2 Å². The summed E-state index contributed by atoms with van der Waals surface area (Å²) in [7, 11) is 0. The van der Waals surface area contributed by atoms with Gasteiger partial charge in [0.05, 0.1) is 10.5 Å². The largest absolute Gasteiger partial charge is 0.241 e. The molecule has 66 valence electrons. The number of fused-ring (bicyclic) bond motifs is 1. The van der Waals surface area contributed by atoms with E-state index < -0.39 is 0 Å². The zero-order valence-corrected chi connectivity index (χ0v) is 9.80. The second kappa shape index (κ2) is 3.38. The average molecular weight is 305 g/mol. The van der Waals surface area contributed by atoms with Crippen LogP contribution >= 0.6 is 34.2 Å². The van der Waals surface area contributed by atoms with Crippen LogP contribution in [0.15, 0.2) is 18.3 Å². The third-order valence-electron chi connectivity index (χ3n) is 1.74. The fraction of sp³-hybridized carbons (Fsp3) is 0.111. The van der Waals surface area contributed by atoms with Gasteiger partial charge in [-0.1, -0.05) is 11.6 Å². The van der Waals surface area contributed by atoms with Gasteiger partial charge in [-0.3, -0.25) is 0 Å². The van der Waals surface area contributed by atoms with E-state index in [0.717, 1.165) is 25.3 Å². The Balaban J connectivity index is 2.81. The Labute approximate surface area is 94.5 Å². The molecule has 0 amide bonds. The maximum Gasteiger partial charge on any atom is 0.125 e. The second-order valence-corrected chi connectivity index (χ2v) is 4.31. The van der Waals surface area contributed by atoms with Gasteiger partial charge in [0.1, 0.15) is 5.82 Å². The Bertz CT molecular complexity index is 470. The molecule has 13 heavy (non-hydrogen) atoms. The molecule has 0 bridgehead atoms. The van der Waals surface area contributed by atoms with E-state index in [9.17, 15) is 0 Å². The Kier molecular flexibility index (Phi) is 2.38. The summed E-state index contributed by atoms with van der Waals surface area (Å²) in [5.41, 5.74) is 0.946. The minimum Gasteiger partial charge on any atom is -0.241 e. The van der Waals surface area contributed by atoms with Crippen LogP contribution in [-0.2, 0) is 0 Å². The molecule has 0 atom stereocenters. The molecule has 0 saturated carbocycles. The van der Waals surface area contributed by atoms with Crippen LogP contribution in [-0.4, -0.2) is 9.97 Å². The molecule has 1 aromatic carbocycles. The van der Waals surface area contributed by atoms with Crippen LogP contribution in [0.2, 0.25) is 5.02 Å². The van der Waals surface area contributed by atoms with Gasteiger partial charge in [-0.25, -0.2) is 9.97 Å². The molecule has 0 aliphatic rings. The summed E-state index contributed by atoms with van der Waals surface area (Å²) in [6, 6.07) is 3.85. The second-order valence-electron chi connectivity index (χ2n) is 2.74. The normalized spacial score (nSPS) is 10.7. The summed E-state index contributed by atoms with van der Waals surface area (Å²) >= 11 is 8.16. The first-order chi connectivity index (χ1) is 6.16. The average Bonchev–Trinajstić information content (AvgIpc) is 2.08. The van der Waals surface area contributed by atoms with E-state index in [1.54, 1.807) is 6.20 Å². The summed E-state index contributed by atoms with van der Waals surface area (Å²) in [4.78, 5) is 8.41. The summed E-state index contributed by atoms with van der Waals surface area (Å²) < 4.78 is 1.02. The van der Waals surface area contributed by atoms with Crippen molar-refractivity contribution in [3.63, 3.8) is 0 Å². The lowest BCUT2D eigenvalue weighted by Gasteiger charge is -2.00. The van der Waals surface area contributed by atoms with E-state index in [-0.39, 0.29) is 0 Å². The Morgan fingerprint density at radius 3 is 2.92 bits per heavy atom. The van der Waals surface area contributed by atoms with Gasteiger partial charge in [0.15, 0.2) is 0 Å². The zero-order valence-electron chi connectivity index (χ0n) is 6.88. The highest BCUT2D eigenvalue weighted by molar-refractivity contribution is 14.1. The van der Waals surface area contributed by atoms with Gasteiger partial charge in [-0.05, 0) is 41.6 Å². The summed E-state index contributed by atoms with van der Waals surface area (Å²) in [6.07, 6.45) is 1.79. The van der Waals surface area contributed by atoms with E-state index in [0.29, 0.717) is 0 Å². The standard InChI is InChI=1S/C9H6ClIN2/c1-5-12-4-6-2-7(10)8(11)3-9(6)13-5/h2-4H,1H3. The third kappa shape index (κ3) is 1.76. The van der Waals surface area contributed by atoms with Gasteiger partial charge in [0.2, 0.25) is 0 Å². The van der Waals surface area contributed by atoms with E-state index in [2.05, 4.69) is 32.6 Å². The SMILES string of the molecule is Cc1ncc2cc(Cl)c(I)cc2n1. The molecule has 0 aliphatic heterocycles. The van der Waals surface area contributed by atoms with Gasteiger partial charge >= 0.3 is 0 Å². The number of halogens is 2. The van der Waals surface area contributed by atoms with Crippen molar-refractivity contribution in [3.8, 4) is 0 Å². The van der Waals surface area contributed by atoms with Gasteiger partial charge in [0.25, 0.3) is 0 Å². The maximum atomic E-state index is 5.96. The number of hydrogen-bond donors (Lipinski definition) is 0. The monoisotopic (exact) mass is 304 g/mol. The van der Waals surface area contributed by atoms with Crippen molar-refractivity contribution >= 4 is 45.1 Å². The number of hydrogen-bond acceptors (Lipinski definition) is 2. The predicted octanol–water partition coefficient (Wildman–Crippen LogP) is 3.20. The molecule has 0 N–H and O–H groups in total. The highest BCUT2D eigenvalue weighted by Gasteiger charge is 2.01. The summed E-state index contributed by atoms with van der Waals surface area (Å²) in [5.74, 6) is 0.783. The molecule has 2 nitrogen and oxygen atoms in total. The fourth-order valence-electron chi connectivity index (χ4n) is 1.12. The fourth-order valence-corrected chi connectivity index (χ4v) is 1.74. The molecule has 4 heteroatoms. The molecule has 2 rings (SSSR count). The van der Waals surface area contributed by atoms with E-state index in [1.807, 2.05) is 19.1 Å². The van der Waals surface area contributed by atoms with Crippen molar-refractivity contribution in [2.75, 3.05) is 0 Å². The Morgan fingerprint density at radius 2 is 2.15 bits per heavy atom. The Morgan fingerprint density at radius 1 is 1.38 bits per heavy atom. The topological polar surface area (TPSA) is 25.8 Å². The van der Waals surface area contributed by atoms with Gasteiger partial charge < -0.3 is 0 Å². The number of aryl methyl sites for hydroxylation is 1. The predicted molar refractivity (Wildman–Crippen MR) is 62.0 cm³/mol. The van der Waals surface area contributed by atoms with E-state index in [4.69, 9.17) is 11.6 Å². The van der Waals surface area contributed by atoms with Crippen LogP contribution in [0.5, 0.6) is 0 Å². The van der Waals surface area contributed by atoms with Crippen LogP contribution in [0.1, 0.15) is 5.82 Å². The van der Waals surface area contributed by atoms with E-state index in [1.165, 1.54) is 0 Å². The molecule has 0 aliphatic carbocycles.